The lowest BCUT2D eigenvalue weighted by Gasteiger charge is -2.28. The Morgan fingerprint density at radius 2 is 2.00 bits per heavy atom. The number of rotatable bonds is 3. The Bertz CT molecular complexity index is 974. The van der Waals surface area contributed by atoms with Crippen molar-refractivity contribution in [1.82, 2.24) is 4.57 Å². The lowest BCUT2D eigenvalue weighted by molar-refractivity contribution is -0.136. The van der Waals surface area contributed by atoms with Crippen molar-refractivity contribution in [3.8, 4) is 11.5 Å². The molecule has 3 rings (SSSR count). The first-order valence-electron chi connectivity index (χ1n) is 7.99. The monoisotopic (exact) mass is 356 g/mol. The second-order valence-electron chi connectivity index (χ2n) is 6.01. The van der Waals surface area contributed by atoms with Crippen LogP contribution in [0.5, 0.6) is 11.5 Å². The van der Waals surface area contributed by atoms with Crippen molar-refractivity contribution in [1.29, 1.82) is 0 Å². The predicted octanol–water partition coefficient (Wildman–Crippen LogP) is 1.57. The van der Waals surface area contributed by atoms with E-state index in [0.717, 1.165) is 0 Å². The first kappa shape index (κ1) is 17.6. The average molecular weight is 356 g/mol. The van der Waals surface area contributed by atoms with Crippen molar-refractivity contribution in [2.75, 3.05) is 14.2 Å². The van der Waals surface area contributed by atoms with Gasteiger partial charge in [0.05, 0.1) is 25.7 Å². The number of esters is 1. The quantitative estimate of drug-likeness (QED) is 0.839. The number of hydrogen-bond acceptors (Lipinski definition) is 6. The highest BCUT2D eigenvalue weighted by atomic mass is 16.5. The number of hydrogen-bond donors (Lipinski definition) is 1. The van der Waals surface area contributed by atoms with Crippen LogP contribution in [0.1, 0.15) is 22.7 Å². The number of nitrogens with two attached hydrogens (primary N) is 1. The molecule has 0 unspecified atom stereocenters. The number of aromatic nitrogens is 1. The van der Waals surface area contributed by atoms with Crippen molar-refractivity contribution in [3.63, 3.8) is 0 Å². The van der Waals surface area contributed by atoms with E-state index in [9.17, 15) is 9.59 Å². The summed E-state index contributed by atoms with van der Waals surface area (Å²) in [4.78, 5) is 25.4. The molecule has 0 bridgehead atoms. The number of carbonyl (C=O) groups is 1. The smallest absolute Gasteiger partial charge is 0.340 e. The standard InChI is InChI=1S/C19H20N2O5/c1-10-8-13-15(18(22)21(10)2)14(11-6-5-7-12(9-11)24-3)16(17(20)26-13)19(23)25-4/h5-9,14H,20H2,1-4H3/t14-/m1/s1. The van der Waals surface area contributed by atoms with E-state index in [4.69, 9.17) is 19.9 Å². The Kier molecular flexibility index (Phi) is 4.46. The summed E-state index contributed by atoms with van der Waals surface area (Å²) in [6.07, 6.45) is 0. The summed E-state index contributed by atoms with van der Waals surface area (Å²) in [5.41, 5.74) is 7.58. The molecule has 0 radical (unpaired) electrons. The molecule has 2 heterocycles. The van der Waals surface area contributed by atoms with Gasteiger partial charge in [-0.3, -0.25) is 4.79 Å². The van der Waals surface area contributed by atoms with Gasteiger partial charge in [-0.1, -0.05) is 12.1 Å². The zero-order valence-electron chi connectivity index (χ0n) is 15.0. The van der Waals surface area contributed by atoms with E-state index in [1.165, 1.54) is 11.7 Å². The van der Waals surface area contributed by atoms with Gasteiger partial charge in [0.2, 0.25) is 5.88 Å². The fourth-order valence-electron chi connectivity index (χ4n) is 3.10. The van der Waals surface area contributed by atoms with Crippen molar-refractivity contribution >= 4 is 5.97 Å². The Morgan fingerprint density at radius 3 is 2.65 bits per heavy atom. The van der Waals surface area contributed by atoms with Crippen LogP contribution in [0.25, 0.3) is 0 Å². The van der Waals surface area contributed by atoms with E-state index in [0.29, 0.717) is 28.3 Å². The number of pyridine rings is 1. The van der Waals surface area contributed by atoms with Crippen LogP contribution in [0, 0.1) is 6.92 Å². The van der Waals surface area contributed by atoms with E-state index in [-0.39, 0.29) is 17.0 Å². The summed E-state index contributed by atoms with van der Waals surface area (Å²) in [6, 6.07) is 8.85. The number of carbonyl (C=O) groups excluding carboxylic acids is 1. The van der Waals surface area contributed by atoms with Gasteiger partial charge in [0.1, 0.15) is 17.1 Å². The van der Waals surface area contributed by atoms with Gasteiger partial charge in [-0.25, -0.2) is 4.79 Å². The van der Waals surface area contributed by atoms with Crippen LogP contribution < -0.4 is 20.8 Å². The minimum Gasteiger partial charge on any atom is -0.497 e. The van der Waals surface area contributed by atoms with Gasteiger partial charge in [0.25, 0.3) is 5.56 Å². The second-order valence-corrected chi connectivity index (χ2v) is 6.01. The van der Waals surface area contributed by atoms with Crippen LogP contribution in [0.4, 0.5) is 0 Å². The summed E-state index contributed by atoms with van der Waals surface area (Å²) in [7, 11) is 4.47. The van der Waals surface area contributed by atoms with E-state index >= 15 is 0 Å². The molecular weight excluding hydrogens is 336 g/mol. The predicted molar refractivity (Wildman–Crippen MR) is 95.1 cm³/mol. The van der Waals surface area contributed by atoms with Crippen LogP contribution in [0.2, 0.25) is 0 Å². The molecule has 2 N–H and O–H groups in total. The molecule has 1 aliphatic heterocycles. The average Bonchev–Trinajstić information content (AvgIpc) is 2.64. The Balaban J connectivity index is 2.34. The van der Waals surface area contributed by atoms with Gasteiger partial charge >= 0.3 is 5.97 Å². The number of aryl methyl sites for hydroxylation is 1. The highest BCUT2D eigenvalue weighted by Crippen LogP contribution is 2.41. The van der Waals surface area contributed by atoms with Crippen molar-refractivity contribution in [3.05, 3.63) is 69.0 Å². The number of fused-ring (bicyclic) bond motifs is 1. The fraction of sp³-hybridized carbons (Fsp3) is 0.263. The molecule has 1 aliphatic rings. The molecule has 2 aromatic rings. The number of methoxy groups -OCH3 is 2. The lowest BCUT2D eigenvalue weighted by atomic mass is 9.83. The molecule has 1 atom stereocenters. The topological polar surface area (TPSA) is 92.8 Å². The molecular formula is C19H20N2O5. The highest BCUT2D eigenvalue weighted by Gasteiger charge is 2.38. The zero-order valence-corrected chi connectivity index (χ0v) is 15.0. The molecule has 7 heteroatoms. The summed E-state index contributed by atoms with van der Waals surface area (Å²) in [5, 5.41) is 0. The van der Waals surface area contributed by atoms with E-state index in [1.807, 2.05) is 0 Å². The van der Waals surface area contributed by atoms with Gasteiger partial charge in [-0.05, 0) is 24.6 Å². The van der Waals surface area contributed by atoms with Crippen LogP contribution in [0.3, 0.4) is 0 Å². The molecule has 0 aliphatic carbocycles. The molecule has 0 saturated heterocycles. The third kappa shape index (κ3) is 2.71. The molecule has 26 heavy (non-hydrogen) atoms. The first-order valence-corrected chi connectivity index (χ1v) is 7.99. The molecule has 1 aromatic carbocycles. The van der Waals surface area contributed by atoms with Crippen molar-refractivity contribution < 1.29 is 19.0 Å². The Hall–Kier alpha value is -3.22. The normalized spacial score (nSPS) is 15.9. The van der Waals surface area contributed by atoms with Crippen LogP contribution >= 0.6 is 0 Å². The maximum Gasteiger partial charge on any atom is 0.340 e. The first-order chi connectivity index (χ1) is 12.4. The number of benzene rings is 1. The van der Waals surface area contributed by atoms with Crippen LogP contribution in [-0.4, -0.2) is 24.8 Å². The minimum atomic E-state index is -0.722. The van der Waals surface area contributed by atoms with Gasteiger partial charge in [0.15, 0.2) is 0 Å². The van der Waals surface area contributed by atoms with E-state index in [1.54, 1.807) is 51.4 Å². The molecule has 1 aromatic heterocycles. The Morgan fingerprint density at radius 1 is 1.27 bits per heavy atom. The van der Waals surface area contributed by atoms with Gasteiger partial charge in [-0.2, -0.15) is 0 Å². The highest BCUT2D eigenvalue weighted by molar-refractivity contribution is 5.92. The summed E-state index contributed by atoms with van der Waals surface area (Å²) < 4.78 is 17.3. The van der Waals surface area contributed by atoms with Crippen molar-refractivity contribution in [2.24, 2.45) is 12.8 Å². The summed E-state index contributed by atoms with van der Waals surface area (Å²) >= 11 is 0. The van der Waals surface area contributed by atoms with E-state index < -0.39 is 11.9 Å². The van der Waals surface area contributed by atoms with E-state index in [2.05, 4.69) is 0 Å². The third-order valence-electron chi connectivity index (χ3n) is 4.56. The SMILES string of the molecule is COC(=O)C1=C(N)Oc2cc(C)n(C)c(=O)c2[C@H]1c1cccc(OC)c1. The maximum absolute atomic E-state index is 13.0. The molecule has 0 saturated carbocycles. The maximum atomic E-state index is 13.0. The largest absolute Gasteiger partial charge is 0.497 e. The molecule has 136 valence electrons. The van der Waals surface area contributed by atoms with Gasteiger partial charge < -0.3 is 24.5 Å². The summed E-state index contributed by atoms with van der Waals surface area (Å²) in [6.45, 7) is 1.79. The fourth-order valence-corrected chi connectivity index (χ4v) is 3.10. The molecule has 7 nitrogen and oxygen atoms in total. The summed E-state index contributed by atoms with van der Waals surface area (Å²) in [5.74, 6) is -0.514. The van der Waals surface area contributed by atoms with Gasteiger partial charge in [0, 0.05) is 18.8 Å². The zero-order chi connectivity index (χ0) is 19.0. The van der Waals surface area contributed by atoms with Crippen LogP contribution in [-0.2, 0) is 16.6 Å². The molecule has 0 fully saturated rings. The van der Waals surface area contributed by atoms with Crippen molar-refractivity contribution in [2.45, 2.75) is 12.8 Å². The second kappa shape index (κ2) is 6.59. The minimum absolute atomic E-state index is 0.0789. The van der Waals surface area contributed by atoms with Gasteiger partial charge in [-0.15, -0.1) is 0 Å². The number of nitrogens with zero attached hydrogens (tertiary/aromatic N) is 1. The van der Waals surface area contributed by atoms with Crippen LogP contribution in [0.15, 0.2) is 46.6 Å². The third-order valence-corrected chi connectivity index (χ3v) is 4.56. The molecule has 0 spiro atoms. The number of ether oxygens (including phenoxy) is 3. The lowest BCUT2D eigenvalue weighted by Crippen LogP contribution is -2.34. The Labute approximate surface area is 150 Å². The molecule has 0 amide bonds.